The molecule has 0 saturated carbocycles. The number of hydrogen-bond acceptors (Lipinski definition) is 3. The molecule has 1 fully saturated rings. The maximum absolute atomic E-state index is 12.7. The lowest BCUT2D eigenvalue weighted by Gasteiger charge is -2.25. The predicted molar refractivity (Wildman–Crippen MR) is 84.1 cm³/mol. The number of rotatable bonds is 7. The van der Waals surface area contributed by atoms with Crippen LogP contribution in [0.15, 0.2) is 29.2 Å². The van der Waals surface area contributed by atoms with Crippen molar-refractivity contribution in [2.24, 2.45) is 0 Å². The fourth-order valence-electron chi connectivity index (χ4n) is 2.19. The lowest BCUT2D eigenvalue weighted by atomic mass is 10.2. The minimum absolute atomic E-state index is 0.242. The lowest BCUT2D eigenvalue weighted by molar-refractivity contribution is 0.342. The second-order valence-electron chi connectivity index (χ2n) is 5.02. The molecule has 4 nitrogen and oxygen atoms in total. The Hall–Kier alpha value is -0.630. The highest BCUT2D eigenvalue weighted by Gasteiger charge is 2.22. The standard InChI is InChI=1S/C14H21FN2O2S2/c15-13-5-7-14(8-6-13)20-12-4-9-16-21(18,19)17-10-2-1-3-11-17/h5-8,16H,1-4,9-12H2. The van der Waals surface area contributed by atoms with Gasteiger partial charge in [-0.2, -0.15) is 12.7 Å². The largest absolute Gasteiger partial charge is 0.279 e. The summed E-state index contributed by atoms with van der Waals surface area (Å²) in [6.07, 6.45) is 3.75. The Morgan fingerprint density at radius 3 is 2.48 bits per heavy atom. The molecule has 0 aliphatic carbocycles. The van der Waals surface area contributed by atoms with E-state index in [4.69, 9.17) is 0 Å². The molecule has 0 atom stereocenters. The van der Waals surface area contributed by atoms with Crippen LogP contribution < -0.4 is 4.72 Å². The van der Waals surface area contributed by atoms with Crippen LogP contribution in [0.3, 0.4) is 0 Å². The van der Waals surface area contributed by atoms with Crippen LogP contribution in [0.25, 0.3) is 0 Å². The molecule has 1 aliphatic rings. The van der Waals surface area contributed by atoms with Crippen molar-refractivity contribution in [3.63, 3.8) is 0 Å². The quantitative estimate of drug-likeness (QED) is 0.617. The lowest BCUT2D eigenvalue weighted by Crippen LogP contribution is -2.43. The Bertz CT molecular complexity index is 528. The van der Waals surface area contributed by atoms with E-state index in [1.54, 1.807) is 23.9 Å². The highest BCUT2D eigenvalue weighted by Crippen LogP contribution is 2.18. The maximum atomic E-state index is 12.7. The highest BCUT2D eigenvalue weighted by atomic mass is 32.2. The second-order valence-corrected chi connectivity index (χ2v) is 7.94. The number of thioether (sulfide) groups is 1. The zero-order valence-electron chi connectivity index (χ0n) is 11.9. The molecular weight excluding hydrogens is 311 g/mol. The first kappa shape index (κ1) is 16.7. The molecule has 1 aliphatic heterocycles. The smallest absolute Gasteiger partial charge is 0.207 e. The van der Waals surface area contributed by atoms with Crippen LogP contribution in [-0.2, 0) is 10.2 Å². The minimum Gasteiger partial charge on any atom is -0.207 e. The third kappa shape index (κ3) is 5.58. The van der Waals surface area contributed by atoms with Gasteiger partial charge in [-0.15, -0.1) is 11.8 Å². The van der Waals surface area contributed by atoms with Gasteiger partial charge in [0.2, 0.25) is 0 Å². The maximum Gasteiger partial charge on any atom is 0.279 e. The third-order valence-electron chi connectivity index (χ3n) is 3.34. The molecule has 1 heterocycles. The van der Waals surface area contributed by atoms with E-state index in [1.807, 2.05) is 0 Å². The number of piperidine rings is 1. The first-order chi connectivity index (χ1) is 10.1. The monoisotopic (exact) mass is 332 g/mol. The topological polar surface area (TPSA) is 49.4 Å². The molecule has 1 aromatic carbocycles. The summed E-state index contributed by atoms with van der Waals surface area (Å²) in [6, 6.07) is 6.33. The van der Waals surface area contributed by atoms with Gasteiger partial charge in [-0.05, 0) is 49.3 Å². The van der Waals surface area contributed by atoms with Crippen LogP contribution >= 0.6 is 11.8 Å². The molecule has 21 heavy (non-hydrogen) atoms. The number of benzene rings is 1. The Labute approximate surface area is 130 Å². The summed E-state index contributed by atoms with van der Waals surface area (Å²) in [7, 11) is -3.31. The average molecular weight is 332 g/mol. The molecule has 0 spiro atoms. The molecule has 0 bridgehead atoms. The average Bonchev–Trinajstić information content (AvgIpc) is 2.50. The summed E-state index contributed by atoms with van der Waals surface area (Å²) >= 11 is 1.60. The molecule has 0 unspecified atom stereocenters. The molecule has 0 aromatic heterocycles. The minimum atomic E-state index is -3.31. The Kier molecular flexibility index (Phi) is 6.47. The Morgan fingerprint density at radius 2 is 1.81 bits per heavy atom. The van der Waals surface area contributed by atoms with Gasteiger partial charge in [0.05, 0.1) is 0 Å². The van der Waals surface area contributed by atoms with Gasteiger partial charge in [-0.1, -0.05) is 6.42 Å². The van der Waals surface area contributed by atoms with E-state index in [0.29, 0.717) is 19.6 Å². The zero-order chi connectivity index (χ0) is 15.1. The summed E-state index contributed by atoms with van der Waals surface area (Å²) in [5.41, 5.74) is 0. The molecule has 1 N–H and O–H groups in total. The summed E-state index contributed by atoms with van der Waals surface area (Å²) in [4.78, 5) is 0.996. The molecule has 2 rings (SSSR count). The van der Waals surface area contributed by atoms with Crippen molar-refractivity contribution in [1.82, 2.24) is 9.03 Å². The predicted octanol–water partition coefficient (Wildman–Crippen LogP) is 2.63. The van der Waals surface area contributed by atoms with Crippen molar-refractivity contribution in [1.29, 1.82) is 0 Å². The molecule has 1 aromatic rings. The van der Waals surface area contributed by atoms with Crippen LogP contribution in [-0.4, -0.2) is 38.1 Å². The van der Waals surface area contributed by atoms with Gasteiger partial charge in [0.25, 0.3) is 10.2 Å². The second kappa shape index (κ2) is 8.12. The van der Waals surface area contributed by atoms with E-state index < -0.39 is 10.2 Å². The zero-order valence-corrected chi connectivity index (χ0v) is 13.6. The van der Waals surface area contributed by atoms with Crippen LogP contribution in [0.1, 0.15) is 25.7 Å². The van der Waals surface area contributed by atoms with Gasteiger partial charge < -0.3 is 0 Å². The Morgan fingerprint density at radius 1 is 1.14 bits per heavy atom. The fraction of sp³-hybridized carbons (Fsp3) is 0.571. The van der Waals surface area contributed by atoms with Crippen molar-refractivity contribution in [3.8, 4) is 0 Å². The number of hydrogen-bond donors (Lipinski definition) is 1. The van der Waals surface area contributed by atoms with Crippen molar-refractivity contribution in [2.45, 2.75) is 30.6 Å². The molecule has 7 heteroatoms. The van der Waals surface area contributed by atoms with Gasteiger partial charge in [0.1, 0.15) is 5.82 Å². The van der Waals surface area contributed by atoms with Crippen molar-refractivity contribution < 1.29 is 12.8 Å². The van der Waals surface area contributed by atoms with Crippen molar-refractivity contribution in [3.05, 3.63) is 30.1 Å². The van der Waals surface area contributed by atoms with Gasteiger partial charge in [-0.25, -0.2) is 9.11 Å². The van der Waals surface area contributed by atoms with E-state index in [0.717, 1.165) is 36.3 Å². The van der Waals surface area contributed by atoms with Crippen LogP contribution in [0.2, 0.25) is 0 Å². The molecule has 0 amide bonds. The molecule has 0 radical (unpaired) electrons. The van der Waals surface area contributed by atoms with Gasteiger partial charge in [0, 0.05) is 24.5 Å². The van der Waals surface area contributed by atoms with Gasteiger partial charge in [-0.3, -0.25) is 0 Å². The molecule has 1 saturated heterocycles. The van der Waals surface area contributed by atoms with Crippen LogP contribution in [0.5, 0.6) is 0 Å². The summed E-state index contributed by atoms with van der Waals surface area (Å²) in [6.45, 7) is 1.69. The highest BCUT2D eigenvalue weighted by molar-refractivity contribution is 7.99. The molecule has 118 valence electrons. The fourth-order valence-corrected chi connectivity index (χ4v) is 4.37. The Balaban J connectivity index is 1.65. The van der Waals surface area contributed by atoms with Gasteiger partial charge in [0.15, 0.2) is 0 Å². The van der Waals surface area contributed by atoms with E-state index in [1.165, 1.54) is 16.4 Å². The first-order valence-corrected chi connectivity index (χ1v) is 9.63. The molecular formula is C14H21FN2O2S2. The van der Waals surface area contributed by atoms with Gasteiger partial charge >= 0.3 is 0 Å². The first-order valence-electron chi connectivity index (χ1n) is 7.21. The third-order valence-corrected chi connectivity index (χ3v) is 6.06. The number of halogens is 1. The van der Waals surface area contributed by atoms with Crippen molar-refractivity contribution >= 4 is 22.0 Å². The summed E-state index contributed by atoms with van der Waals surface area (Å²) < 4.78 is 41.0. The van der Waals surface area contributed by atoms with E-state index in [2.05, 4.69) is 4.72 Å². The van der Waals surface area contributed by atoms with Crippen molar-refractivity contribution in [2.75, 3.05) is 25.4 Å². The van der Waals surface area contributed by atoms with E-state index in [9.17, 15) is 12.8 Å². The van der Waals surface area contributed by atoms with E-state index in [-0.39, 0.29) is 5.82 Å². The van der Waals surface area contributed by atoms with Crippen LogP contribution in [0.4, 0.5) is 4.39 Å². The van der Waals surface area contributed by atoms with Crippen LogP contribution in [0, 0.1) is 5.82 Å². The normalized spacial score (nSPS) is 17.0. The van der Waals surface area contributed by atoms with E-state index >= 15 is 0 Å². The number of nitrogens with one attached hydrogen (secondary N) is 1. The SMILES string of the molecule is O=S(=O)(NCCCSc1ccc(F)cc1)N1CCCCC1. The summed E-state index contributed by atoms with van der Waals surface area (Å²) in [5, 5.41) is 0. The number of nitrogens with zero attached hydrogens (tertiary/aromatic N) is 1. The summed E-state index contributed by atoms with van der Waals surface area (Å²) in [5.74, 6) is 0.558.